The maximum absolute atomic E-state index is 14.8. The first-order chi connectivity index (χ1) is 13.5. The molecule has 0 bridgehead atoms. The number of nitrogens with zero attached hydrogens (tertiary/aromatic N) is 1. The number of carbonyl (C=O) groups is 2. The average molecular weight is 395 g/mol. The Morgan fingerprint density at radius 1 is 1.21 bits per heavy atom. The molecule has 1 unspecified atom stereocenters. The predicted octanol–water partition coefficient (Wildman–Crippen LogP) is 3.32. The molecule has 140 valence electrons. The maximum Gasteiger partial charge on any atom is 0.345 e. The van der Waals surface area contributed by atoms with Crippen LogP contribution in [0.4, 0.5) is 10.1 Å². The molecule has 28 heavy (non-hydrogen) atoms. The lowest BCUT2D eigenvalue weighted by molar-refractivity contribution is -0.773. The number of aliphatic carboxylic acids is 1. The highest BCUT2D eigenvalue weighted by Gasteiger charge is 2.34. The number of rotatable bonds is 4. The Kier molecular flexibility index (Phi) is 4.62. The van der Waals surface area contributed by atoms with Gasteiger partial charge in [0.05, 0.1) is 23.4 Å². The van der Waals surface area contributed by atoms with Crippen LogP contribution in [0, 0.1) is 5.82 Å². The van der Waals surface area contributed by atoms with Crippen molar-refractivity contribution in [1.82, 2.24) is 4.98 Å². The Labute approximate surface area is 164 Å². The molecule has 4 rings (SSSR count). The van der Waals surface area contributed by atoms with Crippen LogP contribution >= 0.6 is 11.3 Å². The number of carboxylic acids is 1. The van der Waals surface area contributed by atoms with E-state index in [2.05, 4.69) is 4.98 Å². The Morgan fingerprint density at radius 3 is 2.64 bits per heavy atom. The van der Waals surface area contributed by atoms with Crippen molar-refractivity contribution in [3.63, 3.8) is 0 Å². The number of benzene rings is 2. The van der Waals surface area contributed by atoms with Crippen molar-refractivity contribution < 1.29 is 24.0 Å². The third kappa shape index (κ3) is 3.04. The molecule has 5 nitrogen and oxygen atoms in total. The summed E-state index contributed by atoms with van der Waals surface area (Å²) >= 11 is 1.32. The lowest BCUT2D eigenvalue weighted by Gasteiger charge is -2.21. The van der Waals surface area contributed by atoms with Gasteiger partial charge in [0.1, 0.15) is 22.7 Å². The number of halogens is 1. The van der Waals surface area contributed by atoms with E-state index >= 15 is 0 Å². The van der Waals surface area contributed by atoms with Gasteiger partial charge < -0.3 is 5.11 Å². The number of carboxylic acid groups (broad SMARTS) is 1. The number of carbonyl (C=O) groups excluding carboxylic acids is 1. The monoisotopic (exact) mass is 395 g/mol. The molecule has 1 aliphatic heterocycles. The highest BCUT2D eigenvalue weighted by atomic mass is 32.1. The van der Waals surface area contributed by atoms with Crippen LogP contribution < -0.4 is 4.90 Å². The van der Waals surface area contributed by atoms with E-state index in [0.717, 1.165) is 17.3 Å². The summed E-state index contributed by atoms with van der Waals surface area (Å²) in [5.74, 6) is -2.57. The topological polar surface area (TPSA) is 71.7 Å². The van der Waals surface area contributed by atoms with Gasteiger partial charge in [-0.1, -0.05) is 30.3 Å². The van der Waals surface area contributed by atoms with Crippen LogP contribution in [0.25, 0.3) is 21.8 Å². The normalized spacial score (nSPS) is 15.9. The summed E-state index contributed by atoms with van der Waals surface area (Å²) in [6.07, 6.45) is 1.38. The maximum atomic E-state index is 14.8. The van der Waals surface area contributed by atoms with Gasteiger partial charge in [-0.15, -0.1) is 11.3 Å². The molecule has 3 aromatic rings. The fraction of sp³-hybridized carbons (Fsp3) is 0.0952. The summed E-state index contributed by atoms with van der Waals surface area (Å²) in [7, 11) is 0. The van der Waals surface area contributed by atoms with Crippen molar-refractivity contribution in [3.8, 4) is 21.8 Å². The number of ketones is 1. The van der Waals surface area contributed by atoms with E-state index in [1.165, 1.54) is 17.5 Å². The van der Waals surface area contributed by atoms with Crippen molar-refractivity contribution in [3.05, 3.63) is 71.0 Å². The Morgan fingerprint density at radius 2 is 1.96 bits per heavy atom. The second-order valence-corrected chi connectivity index (χ2v) is 7.21. The molecule has 0 spiro atoms. The van der Waals surface area contributed by atoms with Crippen LogP contribution in [0.2, 0.25) is 0 Å². The van der Waals surface area contributed by atoms with Crippen molar-refractivity contribution >= 4 is 28.8 Å². The molecule has 0 radical (unpaired) electrons. The van der Waals surface area contributed by atoms with Crippen LogP contribution in [0.15, 0.2) is 59.6 Å². The van der Waals surface area contributed by atoms with Crippen molar-refractivity contribution in [2.45, 2.75) is 6.92 Å². The van der Waals surface area contributed by atoms with E-state index in [1.54, 1.807) is 6.07 Å². The smallest absolute Gasteiger partial charge is 0.345 e. The summed E-state index contributed by atoms with van der Waals surface area (Å²) in [4.78, 5) is 29.0. The molecule has 0 saturated heterocycles. The van der Waals surface area contributed by atoms with E-state index < -0.39 is 17.6 Å². The molecular weight excluding hydrogens is 379 g/mol. The molecular formula is C21H16FN2O3S+. The van der Waals surface area contributed by atoms with Crippen LogP contribution in [-0.2, 0) is 4.79 Å². The van der Waals surface area contributed by atoms with Crippen LogP contribution in [0.5, 0.6) is 0 Å². The predicted molar refractivity (Wildman–Crippen MR) is 104 cm³/mol. The minimum absolute atomic E-state index is 0.0813. The lowest BCUT2D eigenvalue weighted by Crippen LogP contribution is -3.03. The van der Waals surface area contributed by atoms with E-state index in [1.807, 2.05) is 42.6 Å². The van der Waals surface area contributed by atoms with Gasteiger partial charge in [-0.3, -0.25) is 9.69 Å². The van der Waals surface area contributed by atoms with E-state index in [4.69, 9.17) is 0 Å². The number of quaternary nitrogens is 1. The van der Waals surface area contributed by atoms with Gasteiger partial charge in [-0.2, -0.15) is 0 Å². The fourth-order valence-electron chi connectivity index (χ4n) is 3.24. The van der Waals surface area contributed by atoms with Gasteiger partial charge >= 0.3 is 5.97 Å². The summed E-state index contributed by atoms with van der Waals surface area (Å²) in [5.41, 5.74) is 2.30. The van der Waals surface area contributed by atoms with Gasteiger partial charge in [0.25, 0.3) is 0 Å². The zero-order valence-corrected chi connectivity index (χ0v) is 15.7. The zero-order valence-electron chi connectivity index (χ0n) is 14.9. The Balaban J connectivity index is 1.80. The number of fused-ring (bicyclic) bond motifs is 1. The number of nitrogens with one attached hydrogen (secondary N) is 1. The van der Waals surface area contributed by atoms with E-state index in [-0.39, 0.29) is 11.1 Å². The molecule has 1 aliphatic rings. The highest BCUT2D eigenvalue weighted by Crippen LogP contribution is 2.34. The molecule has 0 amide bonds. The number of thiazole rings is 1. The van der Waals surface area contributed by atoms with Crippen LogP contribution in [0.3, 0.4) is 0 Å². The molecule has 7 heteroatoms. The molecule has 0 aliphatic carbocycles. The summed E-state index contributed by atoms with van der Waals surface area (Å²) < 4.78 is 14.8. The summed E-state index contributed by atoms with van der Waals surface area (Å²) in [5, 5.41) is 11.6. The second kappa shape index (κ2) is 7.10. The van der Waals surface area contributed by atoms with Crippen LogP contribution in [0.1, 0.15) is 17.3 Å². The SMILES string of the molecule is CC[NH+]1C=C(C(=O)O)C(=O)c2cc(F)c(-c3nc(-c4ccccc4)cs3)cc21. The van der Waals surface area contributed by atoms with E-state index in [0.29, 0.717) is 27.7 Å². The van der Waals surface area contributed by atoms with Crippen molar-refractivity contribution in [1.29, 1.82) is 0 Å². The lowest BCUT2D eigenvalue weighted by atomic mass is 9.96. The average Bonchev–Trinajstić information content (AvgIpc) is 3.18. The first kappa shape index (κ1) is 18.2. The fourth-order valence-corrected chi connectivity index (χ4v) is 4.09. The van der Waals surface area contributed by atoms with Gasteiger partial charge in [-0.25, -0.2) is 14.2 Å². The second-order valence-electron chi connectivity index (χ2n) is 6.35. The van der Waals surface area contributed by atoms with Gasteiger partial charge in [0.2, 0.25) is 5.78 Å². The first-order valence-electron chi connectivity index (χ1n) is 8.70. The molecule has 1 aromatic heterocycles. The van der Waals surface area contributed by atoms with Gasteiger partial charge in [0, 0.05) is 17.0 Å². The number of Topliss-reactive ketones (excluding diaryl/α,β-unsaturated/α-hetero) is 1. The highest BCUT2D eigenvalue weighted by molar-refractivity contribution is 7.13. The number of hydrogen-bond donors (Lipinski definition) is 2. The molecule has 2 N–H and O–H groups in total. The first-order valence-corrected chi connectivity index (χ1v) is 9.58. The number of hydrogen-bond acceptors (Lipinski definition) is 4. The standard InChI is InChI=1S/C21H15FN2O3S/c1-2-24-10-15(21(26)27)19(25)14-8-16(22)13(9-18(14)24)20-23-17(11-28-20)12-6-4-3-5-7-12/h3-11H,2H2,1H3,(H,26,27)/p+1. The quantitative estimate of drug-likeness (QED) is 0.665. The molecule has 2 aromatic carbocycles. The minimum Gasteiger partial charge on any atom is -0.477 e. The zero-order chi connectivity index (χ0) is 19.8. The van der Waals surface area contributed by atoms with Crippen molar-refractivity contribution in [2.75, 3.05) is 6.54 Å². The number of aromatic nitrogens is 1. The van der Waals surface area contributed by atoms with Gasteiger partial charge in [-0.05, 0) is 13.0 Å². The minimum atomic E-state index is -1.31. The third-order valence-electron chi connectivity index (χ3n) is 4.68. The summed E-state index contributed by atoms with van der Waals surface area (Å²) in [6, 6.07) is 12.3. The van der Waals surface area contributed by atoms with E-state index in [9.17, 15) is 19.1 Å². The molecule has 0 saturated carbocycles. The Bertz CT molecular complexity index is 1120. The molecule has 0 fully saturated rings. The Hall–Kier alpha value is -3.16. The van der Waals surface area contributed by atoms with Crippen molar-refractivity contribution in [2.24, 2.45) is 0 Å². The molecule has 2 heterocycles. The third-order valence-corrected chi connectivity index (χ3v) is 5.55. The van der Waals surface area contributed by atoms with Gasteiger partial charge in [0.15, 0.2) is 5.57 Å². The largest absolute Gasteiger partial charge is 0.477 e. The molecule has 1 atom stereocenters. The summed E-state index contributed by atoms with van der Waals surface area (Å²) in [6.45, 7) is 2.39. The van der Waals surface area contributed by atoms with Crippen LogP contribution in [-0.4, -0.2) is 28.4 Å².